The molecule has 2 N–H and O–H groups in total. The molecule has 2 aromatic carbocycles. The molecule has 2 aliphatic rings. The predicted molar refractivity (Wildman–Crippen MR) is 166 cm³/mol. The largest absolute Gasteiger partial charge is 0.491 e. The number of carbonyl (C=O) groups excluding carboxylic acids is 1. The van der Waals surface area contributed by atoms with Gasteiger partial charge >= 0.3 is 11.9 Å². The zero-order valence-corrected chi connectivity index (χ0v) is 27.0. The molecule has 2 saturated heterocycles. The van der Waals surface area contributed by atoms with Gasteiger partial charge in [0.15, 0.2) is 5.79 Å². The number of likely N-dealkylation sites (tertiary alicyclic amines) is 1. The molecule has 2 fully saturated rings. The number of nitrogens with zero attached hydrogens (tertiary/aromatic N) is 2. The van der Waals surface area contributed by atoms with Gasteiger partial charge in [0, 0.05) is 44.1 Å². The highest BCUT2D eigenvalue weighted by Gasteiger charge is 2.37. The van der Waals surface area contributed by atoms with Crippen LogP contribution in [0.15, 0.2) is 48.5 Å². The van der Waals surface area contributed by atoms with Crippen molar-refractivity contribution in [3.8, 4) is 5.75 Å². The normalized spacial score (nSPS) is 18.0. The summed E-state index contributed by atoms with van der Waals surface area (Å²) in [6, 6.07) is 14.4. The van der Waals surface area contributed by atoms with Crippen molar-refractivity contribution in [1.29, 1.82) is 0 Å². The first-order valence-corrected chi connectivity index (χ1v) is 15.4. The second-order valence-electron chi connectivity index (χ2n) is 12.9. The minimum absolute atomic E-state index is 0.0578. The number of amides is 1. The maximum absolute atomic E-state index is 13.6. The van der Waals surface area contributed by atoms with E-state index in [1.165, 1.54) is 12.1 Å². The first-order chi connectivity index (χ1) is 21.1. The van der Waals surface area contributed by atoms with Crippen LogP contribution in [0.25, 0.3) is 0 Å². The second kappa shape index (κ2) is 16.1. The molecule has 0 aromatic heterocycles. The third kappa shape index (κ3) is 12.1. The van der Waals surface area contributed by atoms with Gasteiger partial charge in [0.1, 0.15) is 11.6 Å². The number of carboxylic acid groups (broad SMARTS) is 2. The van der Waals surface area contributed by atoms with E-state index in [-0.39, 0.29) is 29.3 Å². The SMILES string of the molecule is CC(C)Oc1ccc(CC(=O)N(Cc2ccc(F)cc2)C2CCN(CCC3(C)OCC(C)(C)CO3)CC2)cc1.O=C(O)C(=O)O. The molecule has 0 saturated carbocycles. The summed E-state index contributed by atoms with van der Waals surface area (Å²) in [7, 11) is 0. The summed E-state index contributed by atoms with van der Waals surface area (Å²) in [5.41, 5.74) is 1.96. The Hall–Kier alpha value is -3.54. The highest BCUT2D eigenvalue weighted by atomic mass is 19.1. The van der Waals surface area contributed by atoms with Crippen molar-refractivity contribution in [3.05, 3.63) is 65.5 Å². The zero-order valence-electron chi connectivity index (χ0n) is 27.0. The molecule has 248 valence electrons. The average Bonchev–Trinajstić information content (AvgIpc) is 2.99. The lowest BCUT2D eigenvalue weighted by atomic mass is 9.94. The van der Waals surface area contributed by atoms with Gasteiger partial charge in [-0.25, -0.2) is 14.0 Å². The number of ether oxygens (including phenoxy) is 3. The Morgan fingerprint density at radius 1 is 0.933 bits per heavy atom. The molecule has 0 unspecified atom stereocenters. The third-order valence-electron chi connectivity index (χ3n) is 7.84. The van der Waals surface area contributed by atoms with E-state index in [4.69, 9.17) is 34.0 Å². The Balaban J connectivity index is 0.000000838. The van der Waals surface area contributed by atoms with Crippen LogP contribution in [0.5, 0.6) is 5.75 Å². The molecule has 11 heteroatoms. The van der Waals surface area contributed by atoms with Gasteiger partial charge in [-0.2, -0.15) is 0 Å². The van der Waals surface area contributed by atoms with E-state index in [0.717, 1.165) is 55.8 Å². The molecule has 10 nitrogen and oxygen atoms in total. The van der Waals surface area contributed by atoms with Crippen LogP contribution < -0.4 is 4.74 Å². The number of aliphatic carboxylic acids is 2. The first kappa shape index (κ1) is 35.9. The molecular formula is C34H47FN2O8. The van der Waals surface area contributed by atoms with Crippen molar-refractivity contribution >= 4 is 17.8 Å². The van der Waals surface area contributed by atoms with Crippen molar-refractivity contribution in [2.75, 3.05) is 32.8 Å². The van der Waals surface area contributed by atoms with Crippen LogP contribution in [0.1, 0.15) is 65.0 Å². The quantitative estimate of drug-likeness (QED) is 0.350. The van der Waals surface area contributed by atoms with Gasteiger partial charge in [0.2, 0.25) is 5.91 Å². The highest BCUT2D eigenvalue weighted by molar-refractivity contribution is 6.27. The number of hydrogen-bond donors (Lipinski definition) is 2. The van der Waals surface area contributed by atoms with Crippen molar-refractivity contribution in [2.45, 2.75) is 84.8 Å². The fourth-order valence-electron chi connectivity index (χ4n) is 5.18. The van der Waals surface area contributed by atoms with Crippen LogP contribution in [0, 0.1) is 11.2 Å². The number of piperidine rings is 1. The second-order valence-corrected chi connectivity index (χ2v) is 12.9. The molecule has 2 heterocycles. The number of carbonyl (C=O) groups is 3. The zero-order chi connectivity index (χ0) is 33.2. The van der Waals surface area contributed by atoms with Gasteiger partial charge in [-0.1, -0.05) is 38.1 Å². The van der Waals surface area contributed by atoms with E-state index in [2.05, 4.69) is 18.7 Å². The molecule has 4 rings (SSSR count). The van der Waals surface area contributed by atoms with Gasteiger partial charge in [0.25, 0.3) is 0 Å². The lowest BCUT2D eigenvalue weighted by molar-refractivity contribution is -0.292. The van der Waals surface area contributed by atoms with Crippen molar-refractivity contribution in [2.24, 2.45) is 5.41 Å². The van der Waals surface area contributed by atoms with Crippen LogP contribution in [-0.2, 0) is 36.8 Å². The fraction of sp³-hybridized carbons (Fsp3) is 0.559. The molecule has 1 amide bonds. The molecule has 0 spiro atoms. The molecule has 0 bridgehead atoms. The van der Waals surface area contributed by atoms with Crippen molar-refractivity contribution in [1.82, 2.24) is 9.80 Å². The molecular weight excluding hydrogens is 583 g/mol. The molecule has 2 aromatic rings. The maximum Gasteiger partial charge on any atom is 0.414 e. The Morgan fingerprint density at radius 3 is 1.98 bits per heavy atom. The van der Waals surface area contributed by atoms with Crippen LogP contribution in [0.3, 0.4) is 0 Å². The van der Waals surface area contributed by atoms with Gasteiger partial charge in [-0.15, -0.1) is 0 Å². The van der Waals surface area contributed by atoms with Gasteiger partial charge in [-0.05, 0) is 69.0 Å². The molecule has 0 radical (unpaired) electrons. The summed E-state index contributed by atoms with van der Waals surface area (Å²) in [5.74, 6) is -3.55. The number of halogens is 1. The summed E-state index contributed by atoms with van der Waals surface area (Å²) in [4.78, 5) is 36.3. The first-order valence-electron chi connectivity index (χ1n) is 15.4. The number of hydrogen-bond acceptors (Lipinski definition) is 7. The van der Waals surface area contributed by atoms with Crippen LogP contribution >= 0.6 is 0 Å². The standard InChI is InChI=1S/C32H45FN2O4.C2H2O4/c1-24(2)39-29-12-8-25(9-13-29)20-30(36)35(21-26-6-10-27(33)11-7-26)28-14-17-34(18-15-28)19-16-32(5)37-22-31(3,4)23-38-32;3-1(4)2(5)6/h6-13,24,28H,14-23H2,1-5H3;(H,3,4)(H,5,6). The molecule has 2 aliphatic heterocycles. The average molecular weight is 631 g/mol. The third-order valence-corrected chi connectivity index (χ3v) is 7.84. The molecule has 45 heavy (non-hydrogen) atoms. The summed E-state index contributed by atoms with van der Waals surface area (Å²) < 4.78 is 31.4. The Bertz CT molecular complexity index is 1240. The van der Waals surface area contributed by atoms with E-state index >= 15 is 0 Å². The van der Waals surface area contributed by atoms with Gasteiger partial charge < -0.3 is 34.2 Å². The number of carboxylic acids is 2. The van der Waals surface area contributed by atoms with Crippen molar-refractivity contribution in [3.63, 3.8) is 0 Å². The lowest BCUT2D eigenvalue weighted by Crippen LogP contribution is -2.50. The molecule has 0 aliphatic carbocycles. The van der Waals surface area contributed by atoms with E-state index in [1.807, 2.05) is 49.9 Å². The van der Waals surface area contributed by atoms with E-state index in [1.54, 1.807) is 12.1 Å². The van der Waals surface area contributed by atoms with Crippen molar-refractivity contribution < 1.29 is 43.2 Å². The van der Waals surface area contributed by atoms with Crippen LogP contribution in [-0.4, -0.2) is 88.6 Å². The summed E-state index contributed by atoms with van der Waals surface area (Å²) in [6.45, 7) is 15.0. The highest BCUT2D eigenvalue weighted by Crippen LogP contribution is 2.32. The minimum atomic E-state index is -1.82. The number of benzene rings is 2. The Morgan fingerprint density at radius 2 is 1.47 bits per heavy atom. The minimum Gasteiger partial charge on any atom is -0.491 e. The van der Waals surface area contributed by atoms with Gasteiger partial charge in [0.05, 0.1) is 25.7 Å². The van der Waals surface area contributed by atoms with E-state index < -0.39 is 17.7 Å². The smallest absolute Gasteiger partial charge is 0.414 e. The maximum atomic E-state index is 13.6. The number of rotatable bonds is 10. The van der Waals surface area contributed by atoms with E-state index in [0.29, 0.717) is 26.2 Å². The molecule has 0 atom stereocenters. The summed E-state index contributed by atoms with van der Waals surface area (Å²) in [5, 5.41) is 14.8. The monoisotopic (exact) mass is 630 g/mol. The lowest BCUT2D eigenvalue weighted by Gasteiger charge is -2.43. The summed E-state index contributed by atoms with van der Waals surface area (Å²) >= 11 is 0. The van der Waals surface area contributed by atoms with E-state index in [9.17, 15) is 9.18 Å². The Labute approximate surface area is 265 Å². The fourth-order valence-corrected chi connectivity index (χ4v) is 5.18. The van der Waals surface area contributed by atoms with Crippen LogP contribution in [0.4, 0.5) is 4.39 Å². The Kier molecular flexibility index (Phi) is 12.9. The van der Waals surface area contributed by atoms with Gasteiger partial charge in [-0.3, -0.25) is 4.79 Å². The summed E-state index contributed by atoms with van der Waals surface area (Å²) in [6.07, 6.45) is 3.06. The topological polar surface area (TPSA) is 126 Å². The van der Waals surface area contributed by atoms with Crippen LogP contribution in [0.2, 0.25) is 0 Å². The predicted octanol–water partition coefficient (Wildman–Crippen LogP) is 4.98.